The molecule has 0 spiro atoms. The van der Waals surface area contributed by atoms with Gasteiger partial charge in [0.15, 0.2) is 0 Å². The fourth-order valence-corrected chi connectivity index (χ4v) is 2.84. The van der Waals surface area contributed by atoms with E-state index in [4.69, 9.17) is 11.6 Å². The summed E-state index contributed by atoms with van der Waals surface area (Å²) in [4.78, 5) is 0. The topological polar surface area (TPSA) is 0 Å². The van der Waals surface area contributed by atoms with Crippen LogP contribution < -0.4 is 0 Å². The van der Waals surface area contributed by atoms with E-state index < -0.39 is 11.6 Å². The van der Waals surface area contributed by atoms with E-state index in [0.29, 0.717) is 17.9 Å². The summed E-state index contributed by atoms with van der Waals surface area (Å²) >= 11 is 9.41. The van der Waals surface area contributed by atoms with Crippen LogP contribution in [0.15, 0.2) is 46.9 Å². The number of hydrogen-bond acceptors (Lipinski definition) is 0. The second-order valence-electron chi connectivity index (χ2n) is 4.79. The summed E-state index contributed by atoms with van der Waals surface area (Å²) in [7, 11) is 0. The second kappa shape index (κ2) is 7.19. The number of rotatable bonds is 5. The van der Waals surface area contributed by atoms with Crippen LogP contribution >= 0.6 is 27.5 Å². The van der Waals surface area contributed by atoms with Crippen LogP contribution in [0.4, 0.5) is 8.78 Å². The molecule has 0 aliphatic heterocycles. The molecule has 0 N–H and O–H groups in total. The summed E-state index contributed by atoms with van der Waals surface area (Å²) in [6.45, 7) is 0. The molecule has 0 bridgehead atoms. The van der Waals surface area contributed by atoms with Gasteiger partial charge in [0.05, 0.1) is 0 Å². The van der Waals surface area contributed by atoms with Crippen LogP contribution in [0.1, 0.15) is 11.1 Å². The van der Waals surface area contributed by atoms with Crippen molar-refractivity contribution in [2.45, 2.75) is 12.8 Å². The lowest BCUT2D eigenvalue weighted by Gasteiger charge is -2.15. The van der Waals surface area contributed by atoms with Gasteiger partial charge in [0, 0.05) is 16.4 Å². The van der Waals surface area contributed by atoms with Gasteiger partial charge in [-0.25, -0.2) is 8.78 Å². The molecule has 20 heavy (non-hydrogen) atoms. The number of alkyl halides is 1. The predicted octanol–water partition coefficient (Wildman–Crippen LogP) is 5.37. The summed E-state index contributed by atoms with van der Waals surface area (Å²) in [6.07, 6.45) is 1.27. The van der Waals surface area contributed by atoms with Gasteiger partial charge in [-0.15, -0.1) is 11.6 Å². The van der Waals surface area contributed by atoms with Gasteiger partial charge < -0.3 is 0 Å². The Morgan fingerprint density at radius 1 is 1.05 bits per heavy atom. The van der Waals surface area contributed by atoms with Crippen molar-refractivity contribution >= 4 is 27.5 Å². The zero-order valence-electron chi connectivity index (χ0n) is 10.8. The summed E-state index contributed by atoms with van der Waals surface area (Å²) in [5.74, 6) is -0.510. The maximum Gasteiger partial charge on any atom is 0.129 e. The fraction of sp³-hybridized carbons (Fsp3) is 0.250. The fourth-order valence-electron chi connectivity index (χ4n) is 2.18. The van der Waals surface area contributed by atoms with E-state index in [1.54, 1.807) is 0 Å². The lowest BCUT2D eigenvalue weighted by Crippen LogP contribution is -2.11. The summed E-state index contributed by atoms with van der Waals surface area (Å²) in [5, 5.41) is 0. The van der Waals surface area contributed by atoms with Gasteiger partial charge >= 0.3 is 0 Å². The van der Waals surface area contributed by atoms with E-state index in [1.807, 2.05) is 24.3 Å². The van der Waals surface area contributed by atoms with Gasteiger partial charge in [-0.2, -0.15) is 0 Å². The molecule has 1 atom stereocenters. The number of benzene rings is 2. The highest BCUT2D eigenvalue weighted by Crippen LogP contribution is 2.21. The standard InChI is InChI=1S/C16H14BrClF2/c17-14-3-1-2-11(8-14)6-12(10-18)7-13-4-5-15(19)9-16(13)20/h1-5,8-9,12H,6-7,10H2. The Morgan fingerprint density at radius 2 is 1.85 bits per heavy atom. The van der Waals surface area contributed by atoms with Crippen LogP contribution in [0.5, 0.6) is 0 Å². The van der Waals surface area contributed by atoms with Crippen molar-refractivity contribution in [3.8, 4) is 0 Å². The molecule has 0 aliphatic rings. The highest BCUT2D eigenvalue weighted by atomic mass is 79.9. The molecule has 2 rings (SSSR count). The first-order chi connectivity index (χ1) is 9.58. The van der Waals surface area contributed by atoms with Crippen molar-refractivity contribution in [3.05, 3.63) is 69.7 Å². The average Bonchev–Trinajstić information content (AvgIpc) is 2.41. The molecule has 2 aromatic rings. The Balaban J connectivity index is 2.09. The number of halogens is 4. The predicted molar refractivity (Wildman–Crippen MR) is 82.1 cm³/mol. The first-order valence-electron chi connectivity index (χ1n) is 6.33. The van der Waals surface area contributed by atoms with E-state index in [0.717, 1.165) is 22.5 Å². The van der Waals surface area contributed by atoms with Crippen LogP contribution in [0.2, 0.25) is 0 Å². The molecule has 0 radical (unpaired) electrons. The summed E-state index contributed by atoms with van der Waals surface area (Å²) < 4.78 is 27.6. The lowest BCUT2D eigenvalue weighted by molar-refractivity contribution is 0.534. The molecule has 0 saturated carbocycles. The minimum absolute atomic E-state index is 0.117. The van der Waals surface area contributed by atoms with Gasteiger partial charge in [0.2, 0.25) is 0 Å². The SMILES string of the molecule is Fc1ccc(CC(CCl)Cc2cccc(Br)c2)c(F)c1. The molecule has 0 fully saturated rings. The first-order valence-corrected chi connectivity index (χ1v) is 7.65. The Bertz CT molecular complexity index is 586. The van der Waals surface area contributed by atoms with Gasteiger partial charge in [-0.3, -0.25) is 0 Å². The first kappa shape index (κ1) is 15.5. The maximum absolute atomic E-state index is 13.7. The Hall–Kier alpha value is -0.930. The minimum atomic E-state index is -0.555. The van der Waals surface area contributed by atoms with Crippen molar-refractivity contribution in [1.82, 2.24) is 0 Å². The van der Waals surface area contributed by atoms with Gasteiger partial charge in [0.1, 0.15) is 11.6 Å². The quantitative estimate of drug-likeness (QED) is 0.630. The molecule has 0 saturated heterocycles. The van der Waals surface area contributed by atoms with Crippen LogP contribution in [0, 0.1) is 17.6 Å². The van der Waals surface area contributed by atoms with Crippen molar-refractivity contribution < 1.29 is 8.78 Å². The Morgan fingerprint density at radius 3 is 2.50 bits per heavy atom. The van der Waals surface area contributed by atoms with Crippen LogP contribution in [0.25, 0.3) is 0 Å². The molecular formula is C16H14BrClF2. The molecule has 0 nitrogen and oxygen atoms in total. The maximum atomic E-state index is 13.7. The smallest absolute Gasteiger partial charge is 0.129 e. The number of hydrogen-bond donors (Lipinski definition) is 0. The normalized spacial score (nSPS) is 12.4. The van der Waals surface area contributed by atoms with Gasteiger partial charge in [0.25, 0.3) is 0 Å². The zero-order valence-corrected chi connectivity index (χ0v) is 13.1. The van der Waals surface area contributed by atoms with E-state index in [9.17, 15) is 8.78 Å². The molecule has 106 valence electrons. The molecule has 0 aromatic heterocycles. The van der Waals surface area contributed by atoms with Crippen molar-refractivity contribution in [2.75, 3.05) is 5.88 Å². The third-order valence-corrected chi connectivity index (χ3v) is 4.09. The van der Waals surface area contributed by atoms with Crippen molar-refractivity contribution in [3.63, 3.8) is 0 Å². The molecule has 0 amide bonds. The molecule has 4 heteroatoms. The van der Waals surface area contributed by atoms with Crippen LogP contribution in [-0.4, -0.2) is 5.88 Å². The van der Waals surface area contributed by atoms with E-state index >= 15 is 0 Å². The lowest BCUT2D eigenvalue weighted by atomic mass is 9.94. The van der Waals surface area contributed by atoms with Crippen molar-refractivity contribution in [1.29, 1.82) is 0 Å². The molecule has 0 heterocycles. The molecule has 0 aliphatic carbocycles. The minimum Gasteiger partial charge on any atom is -0.207 e. The van der Waals surface area contributed by atoms with Crippen molar-refractivity contribution in [2.24, 2.45) is 5.92 Å². The third-order valence-electron chi connectivity index (χ3n) is 3.16. The van der Waals surface area contributed by atoms with E-state index in [-0.39, 0.29) is 5.92 Å². The monoisotopic (exact) mass is 358 g/mol. The van der Waals surface area contributed by atoms with Crippen LogP contribution in [-0.2, 0) is 12.8 Å². The van der Waals surface area contributed by atoms with Gasteiger partial charge in [-0.05, 0) is 48.1 Å². The highest BCUT2D eigenvalue weighted by Gasteiger charge is 2.13. The highest BCUT2D eigenvalue weighted by molar-refractivity contribution is 9.10. The van der Waals surface area contributed by atoms with E-state index in [2.05, 4.69) is 15.9 Å². The average molecular weight is 360 g/mol. The molecule has 1 unspecified atom stereocenters. The Kier molecular flexibility index (Phi) is 5.55. The largest absolute Gasteiger partial charge is 0.207 e. The molecular weight excluding hydrogens is 346 g/mol. The second-order valence-corrected chi connectivity index (χ2v) is 6.02. The van der Waals surface area contributed by atoms with Crippen LogP contribution in [0.3, 0.4) is 0 Å². The summed E-state index contributed by atoms with van der Waals surface area (Å²) in [5.41, 5.74) is 1.65. The summed E-state index contributed by atoms with van der Waals surface area (Å²) in [6, 6.07) is 11.7. The van der Waals surface area contributed by atoms with E-state index in [1.165, 1.54) is 12.1 Å². The third kappa shape index (κ3) is 4.29. The molecule has 2 aromatic carbocycles. The Labute approximate surface area is 130 Å². The van der Waals surface area contributed by atoms with Gasteiger partial charge in [-0.1, -0.05) is 34.1 Å². The zero-order chi connectivity index (χ0) is 14.5.